The molecule has 0 aromatic heterocycles. The highest BCUT2D eigenvalue weighted by molar-refractivity contribution is 9.10. The van der Waals surface area contributed by atoms with Crippen LogP contribution >= 0.6 is 28.1 Å². The molecule has 0 aliphatic heterocycles. The maximum absolute atomic E-state index is 10.9. The second-order valence-corrected chi connectivity index (χ2v) is 4.02. The Kier molecular flexibility index (Phi) is 4.05. The second-order valence-electron chi connectivity index (χ2n) is 2.70. The molecule has 0 bridgehead atoms. The third kappa shape index (κ3) is 3.17. The zero-order valence-corrected chi connectivity index (χ0v) is 10.3. The average molecular weight is 289 g/mol. The monoisotopic (exact) mass is 288 g/mol. The van der Waals surface area contributed by atoms with E-state index in [0.29, 0.717) is 15.3 Å². The third-order valence-electron chi connectivity index (χ3n) is 1.69. The smallest absolute Gasteiger partial charge is 0.337 e. The van der Waals surface area contributed by atoms with Gasteiger partial charge in [-0.3, -0.25) is 0 Å². The molecule has 6 heteroatoms. The van der Waals surface area contributed by atoms with Gasteiger partial charge in [0.25, 0.3) is 0 Å². The van der Waals surface area contributed by atoms with Crippen LogP contribution in [0.4, 0.5) is 5.69 Å². The minimum absolute atomic E-state index is 0.168. The minimum atomic E-state index is -1.00. The van der Waals surface area contributed by atoms with Gasteiger partial charge in [0.15, 0.2) is 5.11 Å². The van der Waals surface area contributed by atoms with Gasteiger partial charge < -0.3 is 15.7 Å². The number of thiocarbonyl (C=S) groups is 1. The summed E-state index contributed by atoms with van der Waals surface area (Å²) in [4.78, 5) is 10.9. The second kappa shape index (κ2) is 5.09. The van der Waals surface area contributed by atoms with Gasteiger partial charge in [0.2, 0.25) is 0 Å². The van der Waals surface area contributed by atoms with Gasteiger partial charge in [-0.05, 0) is 30.4 Å². The lowest BCUT2D eigenvalue weighted by Gasteiger charge is -2.10. The van der Waals surface area contributed by atoms with Gasteiger partial charge in [0.05, 0.1) is 11.3 Å². The van der Waals surface area contributed by atoms with Gasteiger partial charge in [0, 0.05) is 11.5 Å². The summed E-state index contributed by atoms with van der Waals surface area (Å²) in [6, 6.07) is 4.91. The maximum Gasteiger partial charge on any atom is 0.337 e. The molecule has 0 saturated heterocycles. The Morgan fingerprint density at radius 3 is 2.73 bits per heavy atom. The highest BCUT2D eigenvalue weighted by atomic mass is 79.9. The molecule has 0 atom stereocenters. The Hall–Kier alpha value is -1.14. The van der Waals surface area contributed by atoms with Crippen molar-refractivity contribution < 1.29 is 9.90 Å². The van der Waals surface area contributed by atoms with Crippen LogP contribution < -0.4 is 10.6 Å². The van der Waals surface area contributed by atoms with Crippen LogP contribution in [0.15, 0.2) is 22.7 Å². The SMILES string of the molecule is CNC(=S)Nc1ccc(Br)cc1C(=O)O. The number of anilines is 1. The Labute approximate surface area is 101 Å². The summed E-state index contributed by atoms with van der Waals surface area (Å²) in [5.74, 6) is -1.00. The molecule has 0 aliphatic carbocycles. The maximum atomic E-state index is 10.9. The van der Waals surface area contributed by atoms with Gasteiger partial charge in [-0.25, -0.2) is 4.79 Å². The number of carbonyl (C=O) groups is 1. The van der Waals surface area contributed by atoms with E-state index in [9.17, 15) is 4.79 Å². The first-order valence-corrected chi connectivity index (χ1v) is 5.26. The first kappa shape index (κ1) is 11.9. The van der Waals surface area contributed by atoms with Gasteiger partial charge in [-0.2, -0.15) is 0 Å². The van der Waals surface area contributed by atoms with Crippen molar-refractivity contribution in [2.24, 2.45) is 0 Å². The molecule has 0 saturated carbocycles. The number of rotatable bonds is 2. The van der Waals surface area contributed by atoms with Crippen LogP contribution in [0.1, 0.15) is 10.4 Å². The molecule has 0 heterocycles. The Morgan fingerprint density at radius 2 is 2.20 bits per heavy atom. The molecule has 0 unspecified atom stereocenters. The summed E-state index contributed by atoms with van der Waals surface area (Å²) in [6.07, 6.45) is 0. The van der Waals surface area contributed by atoms with Crippen LogP contribution in [0.25, 0.3) is 0 Å². The highest BCUT2D eigenvalue weighted by Gasteiger charge is 2.10. The van der Waals surface area contributed by atoms with Crippen LogP contribution in [0.3, 0.4) is 0 Å². The van der Waals surface area contributed by atoms with Crippen molar-refractivity contribution in [3.63, 3.8) is 0 Å². The van der Waals surface area contributed by atoms with Crippen molar-refractivity contribution in [3.8, 4) is 0 Å². The molecule has 3 N–H and O–H groups in total. The number of nitrogens with one attached hydrogen (secondary N) is 2. The van der Waals surface area contributed by atoms with Crippen molar-refractivity contribution in [2.45, 2.75) is 0 Å². The van der Waals surface area contributed by atoms with E-state index >= 15 is 0 Å². The largest absolute Gasteiger partial charge is 0.478 e. The van der Waals surface area contributed by atoms with Crippen LogP contribution in [0, 0.1) is 0 Å². The van der Waals surface area contributed by atoms with E-state index in [4.69, 9.17) is 17.3 Å². The standard InChI is InChI=1S/C9H9BrN2O2S/c1-11-9(15)12-7-3-2-5(10)4-6(7)8(13)14/h2-4H,1H3,(H,13,14)(H2,11,12,15). The number of carboxylic acids is 1. The van der Waals surface area contributed by atoms with E-state index in [2.05, 4.69) is 26.6 Å². The molecule has 15 heavy (non-hydrogen) atoms. The number of halogens is 1. The Balaban J connectivity index is 3.06. The molecule has 0 fully saturated rings. The van der Waals surface area contributed by atoms with Crippen LogP contribution in [0.5, 0.6) is 0 Å². The molecule has 1 rings (SSSR count). The van der Waals surface area contributed by atoms with Gasteiger partial charge in [0.1, 0.15) is 0 Å². The lowest BCUT2D eigenvalue weighted by atomic mass is 10.2. The van der Waals surface area contributed by atoms with Crippen molar-refractivity contribution in [1.29, 1.82) is 0 Å². The number of hydrogen-bond acceptors (Lipinski definition) is 2. The highest BCUT2D eigenvalue weighted by Crippen LogP contribution is 2.20. The number of carboxylic acid groups (broad SMARTS) is 1. The van der Waals surface area contributed by atoms with Gasteiger partial charge in [-0.1, -0.05) is 15.9 Å². The topological polar surface area (TPSA) is 61.4 Å². The quantitative estimate of drug-likeness (QED) is 0.728. The molecule has 1 aromatic carbocycles. The van der Waals surface area contributed by atoms with E-state index in [0.717, 1.165) is 0 Å². The van der Waals surface area contributed by atoms with Crippen LogP contribution in [0.2, 0.25) is 0 Å². The Bertz CT molecular complexity index is 409. The zero-order chi connectivity index (χ0) is 11.4. The average Bonchev–Trinajstić information content (AvgIpc) is 2.20. The summed E-state index contributed by atoms with van der Waals surface area (Å²) >= 11 is 8.10. The van der Waals surface area contributed by atoms with Gasteiger partial charge >= 0.3 is 5.97 Å². The number of hydrogen-bond donors (Lipinski definition) is 3. The summed E-state index contributed by atoms with van der Waals surface area (Å²) < 4.78 is 0.709. The number of benzene rings is 1. The predicted octanol–water partition coefficient (Wildman–Crippen LogP) is 2.06. The molecule has 80 valence electrons. The summed E-state index contributed by atoms with van der Waals surface area (Å²) in [6.45, 7) is 0. The molecule has 4 nitrogen and oxygen atoms in total. The molecular formula is C9H9BrN2O2S. The molecule has 0 radical (unpaired) electrons. The van der Waals surface area contributed by atoms with E-state index in [1.165, 1.54) is 6.07 Å². The van der Waals surface area contributed by atoms with Crippen molar-refractivity contribution >= 4 is 44.9 Å². The molecule has 0 spiro atoms. The van der Waals surface area contributed by atoms with E-state index in [1.807, 2.05) is 0 Å². The first-order chi connectivity index (χ1) is 7.04. The lowest BCUT2D eigenvalue weighted by molar-refractivity contribution is 0.0698. The summed E-state index contributed by atoms with van der Waals surface area (Å²) in [5.41, 5.74) is 0.632. The molecule has 1 aromatic rings. The zero-order valence-electron chi connectivity index (χ0n) is 7.87. The van der Waals surface area contributed by atoms with E-state index in [-0.39, 0.29) is 5.56 Å². The fraction of sp³-hybridized carbons (Fsp3) is 0.111. The van der Waals surface area contributed by atoms with E-state index < -0.39 is 5.97 Å². The minimum Gasteiger partial charge on any atom is -0.478 e. The summed E-state index contributed by atoms with van der Waals surface area (Å²) in [7, 11) is 1.66. The van der Waals surface area contributed by atoms with Crippen molar-refractivity contribution in [3.05, 3.63) is 28.2 Å². The lowest BCUT2D eigenvalue weighted by Crippen LogP contribution is -2.25. The van der Waals surface area contributed by atoms with Crippen molar-refractivity contribution in [2.75, 3.05) is 12.4 Å². The summed E-state index contributed by atoms with van der Waals surface area (Å²) in [5, 5.41) is 14.8. The van der Waals surface area contributed by atoms with E-state index in [1.54, 1.807) is 19.2 Å². The van der Waals surface area contributed by atoms with Crippen LogP contribution in [-0.4, -0.2) is 23.2 Å². The normalized spacial score (nSPS) is 9.47. The van der Waals surface area contributed by atoms with Crippen molar-refractivity contribution in [1.82, 2.24) is 5.32 Å². The first-order valence-electron chi connectivity index (χ1n) is 4.06. The third-order valence-corrected chi connectivity index (χ3v) is 2.49. The molecule has 0 aliphatic rings. The number of aromatic carboxylic acids is 1. The van der Waals surface area contributed by atoms with Crippen LogP contribution in [-0.2, 0) is 0 Å². The fourth-order valence-electron chi connectivity index (χ4n) is 0.987. The fourth-order valence-corrected chi connectivity index (χ4v) is 1.46. The Morgan fingerprint density at radius 1 is 1.53 bits per heavy atom. The molecular weight excluding hydrogens is 280 g/mol. The predicted molar refractivity (Wildman–Crippen MR) is 66.4 cm³/mol. The molecule has 0 amide bonds. The van der Waals surface area contributed by atoms with Gasteiger partial charge in [-0.15, -0.1) is 0 Å².